The van der Waals surface area contributed by atoms with E-state index in [1.165, 1.54) is 0 Å². The number of aromatic nitrogens is 2. The summed E-state index contributed by atoms with van der Waals surface area (Å²) in [5, 5.41) is 11.6. The van der Waals surface area contributed by atoms with E-state index >= 15 is 0 Å². The van der Waals surface area contributed by atoms with Crippen LogP contribution in [0.15, 0.2) is 33.9 Å². The topological polar surface area (TPSA) is 93.6 Å². The molecule has 104 valence electrons. The Bertz CT molecular complexity index is 673. The number of rotatable bonds is 3. The quantitative estimate of drug-likeness (QED) is 0.389. The number of hydrogen-bond donors (Lipinski definition) is 2. The fraction of sp³-hybridized carbons (Fsp3) is 0.154. The Labute approximate surface area is 124 Å². The highest BCUT2D eigenvalue weighted by Gasteiger charge is 2.10. The first kappa shape index (κ1) is 14.3. The second-order valence-corrected chi connectivity index (χ2v) is 5.05. The molecule has 20 heavy (non-hydrogen) atoms. The minimum atomic E-state index is -0.0941. The number of nitrogens with two attached hydrogens (primary N) is 1. The van der Waals surface area contributed by atoms with E-state index in [0.29, 0.717) is 17.1 Å². The van der Waals surface area contributed by atoms with Gasteiger partial charge in [0.25, 0.3) is 0 Å². The molecule has 0 atom stereocenters. The molecule has 6 nitrogen and oxygen atoms in total. The van der Waals surface area contributed by atoms with Gasteiger partial charge in [-0.1, -0.05) is 11.2 Å². The van der Waals surface area contributed by atoms with Gasteiger partial charge in [-0.05, 0) is 53.5 Å². The van der Waals surface area contributed by atoms with Crippen LogP contribution in [0.4, 0.5) is 0 Å². The van der Waals surface area contributed by atoms with Crippen LogP contribution >= 0.6 is 15.9 Å². The van der Waals surface area contributed by atoms with Gasteiger partial charge in [-0.25, -0.2) is 4.98 Å². The molecule has 0 aliphatic rings. The number of nitrogens with zero attached hydrogens (tertiary/aromatic N) is 3. The summed E-state index contributed by atoms with van der Waals surface area (Å²) in [7, 11) is 0. The monoisotopic (exact) mass is 336 g/mol. The summed E-state index contributed by atoms with van der Waals surface area (Å²) in [4.78, 5) is 8.26. The maximum atomic E-state index is 8.69. The highest BCUT2D eigenvalue weighted by atomic mass is 79.9. The average molecular weight is 337 g/mol. The zero-order valence-corrected chi connectivity index (χ0v) is 12.5. The van der Waals surface area contributed by atoms with Crippen LogP contribution in [0.3, 0.4) is 0 Å². The summed E-state index contributed by atoms with van der Waals surface area (Å²) >= 11 is 3.42. The molecule has 1 heterocycles. The number of oxime groups is 1. The van der Waals surface area contributed by atoms with Crippen molar-refractivity contribution in [3.05, 3.63) is 45.7 Å². The molecule has 7 heteroatoms. The van der Waals surface area contributed by atoms with Crippen molar-refractivity contribution >= 4 is 21.8 Å². The fourth-order valence-corrected chi connectivity index (χ4v) is 2.13. The minimum absolute atomic E-state index is 0.0941. The summed E-state index contributed by atoms with van der Waals surface area (Å²) in [6.07, 6.45) is 0. The van der Waals surface area contributed by atoms with Crippen molar-refractivity contribution in [2.24, 2.45) is 10.9 Å². The van der Waals surface area contributed by atoms with Gasteiger partial charge < -0.3 is 15.7 Å². The van der Waals surface area contributed by atoms with Crippen LogP contribution in [-0.4, -0.2) is 21.0 Å². The summed E-state index contributed by atoms with van der Waals surface area (Å²) in [5.74, 6) is 0.495. The summed E-state index contributed by atoms with van der Waals surface area (Å²) in [6.45, 7) is 3.75. The molecule has 0 radical (unpaired) electrons. The Morgan fingerprint density at radius 1 is 1.30 bits per heavy atom. The van der Waals surface area contributed by atoms with E-state index in [1.807, 2.05) is 25.1 Å². The van der Waals surface area contributed by atoms with Gasteiger partial charge in [-0.2, -0.15) is 4.98 Å². The Morgan fingerprint density at radius 2 is 2.05 bits per heavy atom. The molecular weight excluding hydrogens is 324 g/mol. The van der Waals surface area contributed by atoms with Crippen molar-refractivity contribution in [3.8, 4) is 11.8 Å². The molecule has 0 amide bonds. The number of aryl methyl sites for hydroxylation is 2. The molecule has 2 rings (SSSR count). The van der Waals surface area contributed by atoms with Crippen LogP contribution in [0.2, 0.25) is 0 Å². The first-order valence-electron chi connectivity index (χ1n) is 5.77. The van der Waals surface area contributed by atoms with Crippen molar-refractivity contribution in [1.82, 2.24) is 9.97 Å². The number of hydrogen-bond acceptors (Lipinski definition) is 5. The largest absolute Gasteiger partial charge is 0.423 e. The van der Waals surface area contributed by atoms with Gasteiger partial charge in [0.05, 0.1) is 4.47 Å². The van der Waals surface area contributed by atoms with E-state index in [4.69, 9.17) is 15.7 Å². The van der Waals surface area contributed by atoms with E-state index < -0.39 is 0 Å². The summed E-state index contributed by atoms with van der Waals surface area (Å²) in [5.41, 5.74) is 7.58. The Hall–Kier alpha value is -2.15. The molecule has 0 saturated carbocycles. The lowest BCUT2D eigenvalue weighted by Gasteiger charge is -2.08. The number of benzene rings is 1. The van der Waals surface area contributed by atoms with Gasteiger partial charge >= 0.3 is 6.01 Å². The van der Waals surface area contributed by atoms with E-state index in [2.05, 4.69) is 31.1 Å². The maximum absolute atomic E-state index is 8.69. The Kier molecular flexibility index (Phi) is 4.19. The predicted molar refractivity (Wildman–Crippen MR) is 78.2 cm³/mol. The Balaban J connectivity index is 2.36. The van der Waals surface area contributed by atoms with Gasteiger partial charge in [-0.3, -0.25) is 0 Å². The van der Waals surface area contributed by atoms with Crippen molar-refractivity contribution < 1.29 is 9.94 Å². The van der Waals surface area contributed by atoms with Crippen molar-refractivity contribution in [1.29, 1.82) is 0 Å². The SMILES string of the molecule is Cc1ccc(Oc2nc(C)cc(/C(N)=N/O)n2)c(Br)c1. The van der Waals surface area contributed by atoms with Crippen molar-refractivity contribution in [2.75, 3.05) is 0 Å². The molecule has 0 unspecified atom stereocenters. The molecular formula is C13H13BrN4O2. The Morgan fingerprint density at radius 3 is 2.70 bits per heavy atom. The van der Waals surface area contributed by atoms with Crippen LogP contribution in [-0.2, 0) is 0 Å². The van der Waals surface area contributed by atoms with Crippen molar-refractivity contribution in [2.45, 2.75) is 13.8 Å². The molecule has 1 aromatic carbocycles. The summed E-state index contributed by atoms with van der Waals surface area (Å²) in [6, 6.07) is 7.40. The highest BCUT2D eigenvalue weighted by molar-refractivity contribution is 9.10. The minimum Gasteiger partial charge on any atom is -0.423 e. The van der Waals surface area contributed by atoms with Gasteiger partial charge in [-0.15, -0.1) is 0 Å². The molecule has 1 aromatic heterocycles. The third-order valence-corrected chi connectivity index (χ3v) is 3.11. The van der Waals surface area contributed by atoms with Crippen LogP contribution in [0.5, 0.6) is 11.8 Å². The van der Waals surface area contributed by atoms with E-state index in [-0.39, 0.29) is 11.8 Å². The lowest BCUT2D eigenvalue weighted by Crippen LogP contribution is -2.16. The standard InChI is InChI=1S/C13H13BrN4O2/c1-7-3-4-11(9(14)5-7)20-13-16-8(2)6-10(17-13)12(15)18-19/h3-6,19H,1-2H3,(H2,15,18). The molecule has 3 N–H and O–H groups in total. The van der Waals surface area contributed by atoms with E-state index in [9.17, 15) is 0 Å². The van der Waals surface area contributed by atoms with Crippen LogP contribution in [0.1, 0.15) is 17.0 Å². The molecule has 0 fully saturated rings. The lowest BCUT2D eigenvalue weighted by atomic mass is 10.2. The second-order valence-electron chi connectivity index (χ2n) is 4.20. The molecule has 0 spiro atoms. The molecule has 0 bridgehead atoms. The number of ether oxygens (including phenoxy) is 1. The third kappa shape index (κ3) is 3.24. The molecule has 2 aromatic rings. The average Bonchev–Trinajstić information content (AvgIpc) is 2.40. The first-order valence-corrected chi connectivity index (χ1v) is 6.56. The zero-order chi connectivity index (χ0) is 14.7. The number of halogens is 1. The third-order valence-electron chi connectivity index (χ3n) is 2.49. The van der Waals surface area contributed by atoms with E-state index in [1.54, 1.807) is 13.0 Å². The maximum Gasteiger partial charge on any atom is 0.322 e. The molecule has 0 aliphatic carbocycles. The fourth-order valence-electron chi connectivity index (χ4n) is 1.56. The first-order chi connectivity index (χ1) is 9.49. The van der Waals surface area contributed by atoms with Gasteiger partial charge in [0, 0.05) is 5.69 Å². The van der Waals surface area contributed by atoms with Crippen LogP contribution < -0.4 is 10.5 Å². The van der Waals surface area contributed by atoms with Gasteiger partial charge in [0.15, 0.2) is 5.84 Å². The van der Waals surface area contributed by atoms with Gasteiger partial charge in [0.1, 0.15) is 11.4 Å². The van der Waals surface area contributed by atoms with Crippen LogP contribution in [0, 0.1) is 13.8 Å². The second kappa shape index (κ2) is 5.87. The predicted octanol–water partition coefficient (Wildman–Crippen LogP) is 2.74. The van der Waals surface area contributed by atoms with Crippen LogP contribution in [0.25, 0.3) is 0 Å². The molecule has 0 aliphatic heterocycles. The normalized spacial score (nSPS) is 11.4. The highest BCUT2D eigenvalue weighted by Crippen LogP contribution is 2.29. The zero-order valence-electron chi connectivity index (χ0n) is 11.0. The van der Waals surface area contributed by atoms with E-state index in [0.717, 1.165) is 10.0 Å². The lowest BCUT2D eigenvalue weighted by molar-refractivity contribution is 0.318. The van der Waals surface area contributed by atoms with Crippen molar-refractivity contribution in [3.63, 3.8) is 0 Å². The summed E-state index contributed by atoms with van der Waals surface area (Å²) < 4.78 is 6.42. The van der Waals surface area contributed by atoms with Gasteiger partial charge in [0.2, 0.25) is 0 Å². The molecule has 0 saturated heterocycles. The smallest absolute Gasteiger partial charge is 0.322 e. The number of amidine groups is 1.